The number of nitrogens with one attached hydrogen (secondary N) is 2. The molecule has 2 aromatic rings. The van der Waals surface area contributed by atoms with Crippen molar-refractivity contribution >= 4 is 29.2 Å². The van der Waals surface area contributed by atoms with E-state index in [0.29, 0.717) is 37.7 Å². The van der Waals surface area contributed by atoms with Crippen LogP contribution in [0.5, 0.6) is 0 Å². The number of fused-ring (bicyclic) bond motifs is 1. The van der Waals surface area contributed by atoms with Gasteiger partial charge in [0.15, 0.2) is 0 Å². The van der Waals surface area contributed by atoms with Crippen molar-refractivity contribution in [3.05, 3.63) is 51.8 Å². The van der Waals surface area contributed by atoms with Gasteiger partial charge in [-0.05, 0) is 24.3 Å². The molecule has 1 aromatic carbocycles. The molecular formula is C19H19N5O5. The van der Waals surface area contributed by atoms with E-state index in [1.54, 1.807) is 24.3 Å². The SMILES string of the molecule is Nc1c2c(cc(=O)n1-c1ccc(NC(=O)CN3CCOCC3)cc1)C(=O)NC2=O. The Bertz CT molecular complexity index is 1050. The Balaban J connectivity index is 1.53. The Morgan fingerprint density at radius 3 is 2.48 bits per heavy atom. The van der Waals surface area contributed by atoms with E-state index in [0.717, 1.165) is 10.6 Å². The topological polar surface area (TPSA) is 136 Å². The standard InChI is InChI=1S/C19H19N5O5/c20-17-16-13(18(27)22-19(16)28)9-15(26)24(17)12-3-1-11(2-4-12)21-14(25)10-23-5-7-29-8-6-23/h1-4,9H,5-8,10,20H2,(H,21,25)(H,22,27,28). The number of hydrogen-bond acceptors (Lipinski definition) is 7. The molecule has 0 spiro atoms. The number of aromatic nitrogens is 1. The molecule has 150 valence electrons. The average molecular weight is 397 g/mol. The van der Waals surface area contributed by atoms with Crippen LogP contribution in [0, 0.1) is 0 Å². The number of carbonyl (C=O) groups excluding carboxylic acids is 3. The number of rotatable bonds is 4. The van der Waals surface area contributed by atoms with Gasteiger partial charge in [0.1, 0.15) is 5.82 Å². The fourth-order valence-corrected chi connectivity index (χ4v) is 3.40. The molecule has 0 bridgehead atoms. The molecule has 29 heavy (non-hydrogen) atoms. The first-order valence-electron chi connectivity index (χ1n) is 9.05. The number of ether oxygens (including phenoxy) is 1. The quantitative estimate of drug-likeness (QED) is 0.596. The zero-order valence-corrected chi connectivity index (χ0v) is 15.4. The maximum atomic E-state index is 12.4. The number of pyridine rings is 1. The zero-order valence-electron chi connectivity index (χ0n) is 15.4. The largest absolute Gasteiger partial charge is 0.384 e. The summed E-state index contributed by atoms with van der Waals surface area (Å²) in [5, 5.41) is 4.93. The lowest BCUT2D eigenvalue weighted by atomic mass is 10.1. The summed E-state index contributed by atoms with van der Waals surface area (Å²) in [5.74, 6) is -1.54. The number of nitrogens with two attached hydrogens (primary N) is 1. The molecule has 0 unspecified atom stereocenters. The number of carbonyl (C=O) groups is 3. The smallest absolute Gasteiger partial charge is 0.262 e. The predicted molar refractivity (Wildman–Crippen MR) is 104 cm³/mol. The molecule has 10 heteroatoms. The Hall–Kier alpha value is -3.50. The highest BCUT2D eigenvalue weighted by atomic mass is 16.5. The third-order valence-electron chi connectivity index (χ3n) is 4.83. The summed E-state index contributed by atoms with van der Waals surface area (Å²) in [6.45, 7) is 2.92. The first kappa shape index (κ1) is 18.8. The summed E-state index contributed by atoms with van der Waals surface area (Å²) in [6.07, 6.45) is 0. The molecule has 0 atom stereocenters. The molecule has 0 radical (unpaired) electrons. The fourth-order valence-electron chi connectivity index (χ4n) is 3.40. The van der Waals surface area contributed by atoms with Gasteiger partial charge in [0, 0.05) is 24.8 Å². The first-order valence-corrected chi connectivity index (χ1v) is 9.05. The van der Waals surface area contributed by atoms with Crippen LogP contribution < -0.4 is 21.9 Å². The van der Waals surface area contributed by atoms with Gasteiger partial charge in [-0.3, -0.25) is 34.0 Å². The maximum absolute atomic E-state index is 12.4. The van der Waals surface area contributed by atoms with Crippen molar-refractivity contribution in [2.75, 3.05) is 43.9 Å². The molecule has 3 heterocycles. The minimum absolute atomic E-state index is 0.0162. The monoisotopic (exact) mass is 397 g/mol. The molecule has 1 fully saturated rings. The Morgan fingerprint density at radius 1 is 1.10 bits per heavy atom. The summed E-state index contributed by atoms with van der Waals surface area (Å²) in [7, 11) is 0. The normalized spacial score (nSPS) is 16.4. The maximum Gasteiger partial charge on any atom is 0.262 e. The van der Waals surface area contributed by atoms with Crippen molar-refractivity contribution in [1.82, 2.24) is 14.8 Å². The number of nitrogen functional groups attached to an aromatic ring is 1. The van der Waals surface area contributed by atoms with Crippen LogP contribution >= 0.6 is 0 Å². The molecular weight excluding hydrogens is 378 g/mol. The molecule has 2 aliphatic rings. The van der Waals surface area contributed by atoms with E-state index in [9.17, 15) is 19.2 Å². The number of hydrogen-bond donors (Lipinski definition) is 3. The Labute approximate surface area is 165 Å². The second-order valence-electron chi connectivity index (χ2n) is 6.76. The van der Waals surface area contributed by atoms with Crippen molar-refractivity contribution in [2.45, 2.75) is 0 Å². The van der Waals surface area contributed by atoms with E-state index in [2.05, 4.69) is 10.6 Å². The summed E-state index contributed by atoms with van der Waals surface area (Å²) in [6, 6.07) is 7.56. The van der Waals surface area contributed by atoms with Gasteiger partial charge in [-0.1, -0.05) is 0 Å². The highest BCUT2D eigenvalue weighted by molar-refractivity contribution is 6.23. The summed E-state index contributed by atoms with van der Waals surface area (Å²) in [5.41, 5.74) is 6.41. The minimum Gasteiger partial charge on any atom is -0.384 e. The van der Waals surface area contributed by atoms with Gasteiger partial charge in [0.2, 0.25) is 5.91 Å². The second-order valence-corrected chi connectivity index (χ2v) is 6.76. The summed E-state index contributed by atoms with van der Waals surface area (Å²) >= 11 is 0. The van der Waals surface area contributed by atoms with E-state index >= 15 is 0 Å². The Morgan fingerprint density at radius 2 is 1.79 bits per heavy atom. The van der Waals surface area contributed by atoms with Gasteiger partial charge in [-0.15, -0.1) is 0 Å². The lowest BCUT2D eigenvalue weighted by molar-refractivity contribution is -0.118. The second kappa shape index (κ2) is 7.49. The molecule has 0 aliphatic carbocycles. The van der Waals surface area contributed by atoms with Crippen LogP contribution in [-0.4, -0.2) is 60.0 Å². The van der Waals surface area contributed by atoms with Gasteiger partial charge in [-0.2, -0.15) is 0 Å². The third kappa shape index (κ3) is 3.62. The zero-order chi connectivity index (χ0) is 20.5. The predicted octanol–water partition coefficient (Wildman–Crippen LogP) is -0.426. The molecule has 0 saturated carbocycles. The molecule has 10 nitrogen and oxygen atoms in total. The highest BCUT2D eigenvalue weighted by Gasteiger charge is 2.31. The number of nitrogens with zero attached hydrogens (tertiary/aromatic N) is 2. The number of benzene rings is 1. The number of imide groups is 1. The van der Waals surface area contributed by atoms with Crippen LogP contribution in [0.25, 0.3) is 5.69 Å². The number of amides is 3. The van der Waals surface area contributed by atoms with Crippen LogP contribution in [0.2, 0.25) is 0 Å². The van der Waals surface area contributed by atoms with E-state index in [4.69, 9.17) is 10.5 Å². The van der Waals surface area contributed by atoms with Crippen molar-refractivity contribution in [2.24, 2.45) is 0 Å². The van der Waals surface area contributed by atoms with Gasteiger partial charge in [0.25, 0.3) is 17.4 Å². The molecule has 1 aromatic heterocycles. The van der Waals surface area contributed by atoms with E-state index < -0.39 is 17.4 Å². The van der Waals surface area contributed by atoms with E-state index in [1.807, 2.05) is 4.90 Å². The summed E-state index contributed by atoms with van der Waals surface area (Å²) < 4.78 is 6.41. The van der Waals surface area contributed by atoms with Gasteiger partial charge in [0.05, 0.1) is 36.6 Å². The highest BCUT2D eigenvalue weighted by Crippen LogP contribution is 2.23. The number of anilines is 2. The van der Waals surface area contributed by atoms with Crippen molar-refractivity contribution in [3.63, 3.8) is 0 Å². The van der Waals surface area contributed by atoms with Crippen LogP contribution in [0.15, 0.2) is 35.1 Å². The van der Waals surface area contributed by atoms with Gasteiger partial charge < -0.3 is 15.8 Å². The minimum atomic E-state index is -0.640. The number of morpholine rings is 1. The van der Waals surface area contributed by atoms with E-state index in [-0.39, 0.29) is 29.4 Å². The summed E-state index contributed by atoms with van der Waals surface area (Å²) in [4.78, 5) is 50.3. The van der Waals surface area contributed by atoms with Gasteiger partial charge >= 0.3 is 0 Å². The molecule has 4 N–H and O–H groups in total. The molecule has 2 aliphatic heterocycles. The third-order valence-corrected chi connectivity index (χ3v) is 4.83. The molecule has 1 saturated heterocycles. The average Bonchev–Trinajstić information content (AvgIpc) is 2.97. The fraction of sp³-hybridized carbons (Fsp3) is 0.263. The van der Waals surface area contributed by atoms with Crippen LogP contribution in [-0.2, 0) is 9.53 Å². The molecule has 3 amide bonds. The van der Waals surface area contributed by atoms with Crippen molar-refractivity contribution < 1.29 is 19.1 Å². The van der Waals surface area contributed by atoms with Crippen molar-refractivity contribution in [1.29, 1.82) is 0 Å². The lowest BCUT2D eigenvalue weighted by Crippen LogP contribution is -2.41. The Kier molecular flexibility index (Phi) is 4.87. The first-order chi connectivity index (χ1) is 13.9. The lowest BCUT2D eigenvalue weighted by Gasteiger charge is -2.25. The van der Waals surface area contributed by atoms with Gasteiger partial charge in [-0.25, -0.2) is 0 Å². The van der Waals surface area contributed by atoms with Crippen LogP contribution in [0.1, 0.15) is 20.7 Å². The van der Waals surface area contributed by atoms with E-state index in [1.165, 1.54) is 0 Å². The molecule has 4 rings (SSSR count). The van der Waals surface area contributed by atoms with Crippen molar-refractivity contribution in [3.8, 4) is 5.69 Å². The van der Waals surface area contributed by atoms with Crippen LogP contribution in [0.3, 0.4) is 0 Å². The van der Waals surface area contributed by atoms with Crippen LogP contribution in [0.4, 0.5) is 11.5 Å².